The standard InChI is InChI=1S/C26H38O3Si2/c1-9-31(10-2,11-3)29-25(21-12-16-23(27-4)17-13-21)20-26(30(6,7)8)22-14-18-24(28-5)19-15-22/h12-19H,9-11H2,1-8H3. The van der Waals surface area contributed by atoms with E-state index in [9.17, 15) is 0 Å². The molecule has 0 spiro atoms. The minimum Gasteiger partial charge on any atom is -0.538 e. The van der Waals surface area contributed by atoms with Crippen molar-refractivity contribution in [3.05, 3.63) is 65.4 Å². The highest BCUT2D eigenvalue weighted by Gasteiger charge is 2.32. The molecule has 0 aromatic heterocycles. The third-order valence-corrected chi connectivity index (χ3v) is 12.4. The van der Waals surface area contributed by atoms with Crippen LogP contribution in [0.25, 0.3) is 11.0 Å². The molecule has 31 heavy (non-hydrogen) atoms. The molecule has 0 atom stereocenters. The highest BCUT2D eigenvalue weighted by Crippen LogP contribution is 2.33. The Balaban J connectivity index is 2.77. The molecule has 0 fully saturated rings. The Labute approximate surface area is 190 Å². The van der Waals surface area contributed by atoms with Gasteiger partial charge in [0, 0.05) is 5.56 Å². The number of benzene rings is 2. The van der Waals surface area contributed by atoms with Gasteiger partial charge in [-0.1, -0.05) is 58.3 Å². The average Bonchev–Trinajstić information content (AvgIpc) is 2.79. The molecule has 168 valence electrons. The van der Waals surface area contributed by atoms with Crippen molar-refractivity contribution in [2.24, 2.45) is 0 Å². The molecule has 0 aliphatic rings. The summed E-state index contributed by atoms with van der Waals surface area (Å²) in [6, 6.07) is 19.7. The zero-order valence-electron chi connectivity index (χ0n) is 20.5. The molecule has 0 N–H and O–H groups in total. The molecule has 0 radical (unpaired) electrons. The fourth-order valence-electron chi connectivity index (χ4n) is 3.65. The van der Waals surface area contributed by atoms with E-state index < -0.39 is 16.4 Å². The Morgan fingerprint density at radius 1 is 0.710 bits per heavy atom. The third-order valence-electron chi connectivity index (χ3n) is 5.97. The molecule has 0 aliphatic heterocycles. The summed E-state index contributed by atoms with van der Waals surface area (Å²) >= 11 is 0. The topological polar surface area (TPSA) is 27.7 Å². The Kier molecular flexibility index (Phi) is 8.81. The van der Waals surface area contributed by atoms with Crippen molar-refractivity contribution in [2.45, 2.75) is 58.5 Å². The fraction of sp³-hybridized carbons (Fsp3) is 0.423. The van der Waals surface area contributed by atoms with Crippen molar-refractivity contribution in [3.63, 3.8) is 0 Å². The van der Waals surface area contributed by atoms with Crippen molar-refractivity contribution < 1.29 is 13.9 Å². The number of ether oxygens (including phenoxy) is 2. The molecule has 0 bridgehead atoms. The van der Waals surface area contributed by atoms with E-state index in [1.807, 2.05) is 24.3 Å². The first-order valence-corrected chi connectivity index (χ1v) is 17.2. The molecule has 2 aromatic carbocycles. The van der Waals surface area contributed by atoms with Crippen molar-refractivity contribution in [2.75, 3.05) is 14.2 Å². The van der Waals surface area contributed by atoms with Crippen LogP contribution in [0, 0.1) is 0 Å². The van der Waals surface area contributed by atoms with E-state index in [0.717, 1.165) is 41.0 Å². The van der Waals surface area contributed by atoms with Gasteiger partial charge in [-0.2, -0.15) is 0 Å². The monoisotopic (exact) mass is 454 g/mol. The van der Waals surface area contributed by atoms with E-state index in [4.69, 9.17) is 13.9 Å². The molecule has 0 saturated heterocycles. The van der Waals surface area contributed by atoms with E-state index in [0.29, 0.717) is 0 Å². The molecule has 2 rings (SSSR count). The second-order valence-electron chi connectivity index (χ2n) is 8.88. The van der Waals surface area contributed by atoms with Gasteiger partial charge in [0.15, 0.2) is 5.76 Å². The maximum Gasteiger partial charge on any atom is 0.251 e. The van der Waals surface area contributed by atoms with Gasteiger partial charge in [0.25, 0.3) is 8.32 Å². The van der Waals surface area contributed by atoms with Crippen LogP contribution in [0.5, 0.6) is 11.5 Å². The van der Waals surface area contributed by atoms with Gasteiger partial charge in [-0.15, -0.1) is 0 Å². The van der Waals surface area contributed by atoms with Gasteiger partial charge in [-0.25, -0.2) is 0 Å². The summed E-state index contributed by atoms with van der Waals surface area (Å²) < 4.78 is 17.6. The zero-order valence-corrected chi connectivity index (χ0v) is 22.5. The van der Waals surface area contributed by atoms with Gasteiger partial charge in [0.2, 0.25) is 0 Å². The summed E-state index contributed by atoms with van der Waals surface area (Å²) in [6.45, 7) is 13.9. The van der Waals surface area contributed by atoms with Crippen molar-refractivity contribution in [3.8, 4) is 11.5 Å². The van der Waals surface area contributed by atoms with Crippen LogP contribution >= 0.6 is 0 Å². The SMILES string of the molecule is CC[Si](CC)(CC)OC(=C=C(c1ccc(OC)cc1)[Si](C)(C)C)c1ccc(OC)cc1. The van der Waals surface area contributed by atoms with Crippen LogP contribution in [0.1, 0.15) is 31.9 Å². The summed E-state index contributed by atoms with van der Waals surface area (Å²) in [5, 5.41) is 1.26. The predicted octanol–water partition coefficient (Wildman–Crippen LogP) is 7.63. The van der Waals surface area contributed by atoms with Crippen LogP contribution in [-0.2, 0) is 4.43 Å². The summed E-state index contributed by atoms with van der Waals surface area (Å²) in [5.41, 5.74) is 6.03. The first-order chi connectivity index (χ1) is 14.7. The Hall–Kier alpha value is -2.21. The molecular weight excluding hydrogens is 416 g/mol. The van der Waals surface area contributed by atoms with Crippen LogP contribution in [0.3, 0.4) is 0 Å². The van der Waals surface area contributed by atoms with Crippen LogP contribution in [0.2, 0.25) is 37.8 Å². The lowest BCUT2D eigenvalue weighted by Gasteiger charge is -2.30. The Bertz CT molecular complexity index is 891. The molecule has 0 unspecified atom stereocenters. The molecule has 0 saturated carbocycles. The maximum atomic E-state index is 6.92. The largest absolute Gasteiger partial charge is 0.538 e. The molecule has 3 nitrogen and oxygen atoms in total. The summed E-state index contributed by atoms with van der Waals surface area (Å²) in [6.07, 6.45) is 0. The maximum absolute atomic E-state index is 6.92. The van der Waals surface area contributed by atoms with Gasteiger partial charge in [0.05, 0.1) is 22.3 Å². The second kappa shape index (κ2) is 10.9. The third kappa shape index (κ3) is 6.39. The van der Waals surface area contributed by atoms with Crippen LogP contribution in [0.15, 0.2) is 54.3 Å². The van der Waals surface area contributed by atoms with Gasteiger partial charge in [0.1, 0.15) is 11.5 Å². The Morgan fingerprint density at radius 3 is 1.48 bits per heavy atom. The molecule has 0 aliphatic carbocycles. The van der Waals surface area contributed by atoms with Crippen molar-refractivity contribution in [1.29, 1.82) is 0 Å². The van der Waals surface area contributed by atoms with E-state index in [-0.39, 0.29) is 0 Å². The van der Waals surface area contributed by atoms with E-state index >= 15 is 0 Å². The lowest BCUT2D eigenvalue weighted by molar-refractivity contribution is 0.414. The first-order valence-electron chi connectivity index (χ1n) is 11.2. The average molecular weight is 455 g/mol. The van der Waals surface area contributed by atoms with E-state index in [2.05, 4.69) is 70.4 Å². The first kappa shape index (κ1) is 25.1. The normalized spacial score (nSPS) is 11.5. The van der Waals surface area contributed by atoms with Gasteiger partial charge in [-0.3, -0.25) is 0 Å². The van der Waals surface area contributed by atoms with E-state index in [1.54, 1.807) is 14.2 Å². The van der Waals surface area contributed by atoms with Gasteiger partial charge in [-0.05, 0) is 65.3 Å². The van der Waals surface area contributed by atoms with Gasteiger partial charge >= 0.3 is 0 Å². The zero-order chi connectivity index (χ0) is 23.1. The number of hydrogen-bond donors (Lipinski definition) is 0. The highest BCUT2D eigenvalue weighted by atomic mass is 28.4. The highest BCUT2D eigenvalue weighted by molar-refractivity contribution is 6.93. The minimum absolute atomic E-state index is 0.845. The fourth-order valence-corrected chi connectivity index (χ4v) is 7.70. The van der Waals surface area contributed by atoms with Crippen molar-refractivity contribution in [1.82, 2.24) is 0 Å². The lowest BCUT2D eigenvalue weighted by atomic mass is 10.1. The summed E-state index contributed by atoms with van der Waals surface area (Å²) in [4.78, 5) is 0. The van der Waals surface area contributed by atoms with Gasteiger partial charge < -0.3 is 13.9 Å². The smallest absolute Gasteiger partial charge is 0.251 e. The minimum atomic E-state index is -1.88. The Morgan fingerprint density at radius 2 is 1.13 bits per heavy atom. The summed E-state index contributed by atoms with van der Waals surface area (Å²) in [7, 11) is -0.204. The second-order valence-corrected chi connectivity index (χ2v) is 18.6. The predicted molar refractivity (Wildman–Crippen MR) is 138 cm³/mol. The molecular formula is C26H38O3Si2. The lowest BCUT2D eigenvalue weighted by Crippen LogP contribution is -2.35. The number of hydrogen-bond acceptors (Lipinski definition) is 3. The molecule has 0 heterocycles. The van der Waals surface area contributed by atoms with Crippen LogP contribution in [0.4, 0.5) is 0 Å². The van der Waals surface area contributed by atoms with Crippen LogP contribution in [-0.4, -0.2) is 30.6 Å². The van der Waals surface area contributed by atoms with Crippen molar-refractivity contribution >= 4 is 27.3 Å². The molecule has 5 heteroatoms. The van der Waals surface area contributed by atoms with Crippen LogP contribution < -0.4 is 9.47 Å². The van der Waals surface area contributed by atoms with E-state index in [1.165, 1.54) is 10.8 Å². The summed E-state index contributed by atoms with van der Waals surface area (Å²) in [5.74, 6) is 2.58. The molecule has 2 aromatic rings. The number of methoxy groups -OCH3 is 2. The molecule has 0 amide bonds. The number of rotatable bonds is 10. The quantitative estimate of drug-likeness (QED) is 0.210.